The minimum Gasteiger partial charge on any atom is -0.491 e. The first-order chi connectivity index (χ1) is 11.6. The molecule has 0 saturated carbocycles. The summed E-state index contributed by atoms with van der Waals surface area (Å²) in [4.78, 5) is 25.0. The fourth-order valence-electron chi connectivity index (χ4n) is 2.87. The number of hydrogen-bond acceptors (Lipinski definition) is 3. The van der Waals surface area contributed by atoms with Gasteiger partial charge in [-0.2, -0.15) is 0 Å². The van der Waals surface area contributed by atoms with Crippen molar-refractivity contribution in [3.8, 4) is 5.75 Å². The Labute approximate surface area is 141 Å². The van der Waals surface area contributed by atoms with Gasteiger partial charge in [0.25, 0.3) is 0 Å². The highest BCUT2D eigenvalue weighted by atomic mass is 19.1. The lowest BCUT2D eigenvalue weighted by Gasteiger charge is -2.36. The van der Waals surface area contributed by atoms with Gasteiger partial charge in [-0.15, -0.1) is 0 Å². The molecule has 1 aromatic rings. The van der Waals surface area contributed by atoms with Gasteiger partial charge in [0.15, 0.2) is 11.6 Å². The first-order valence-electron chi connectivity index (χ1n) is 8.28. The van der Waals surface area contributed by atoms with Gasteiger partial charge in [0.05, 0.1) is 6.61 Å². The van der Waals surface area contributed by atoms with E-state index in [4.69, 9.17) is 10.5 Å². The Bertz CT molecular complexity index is 568. The summed E-state index contributed by atoms with van der Waals surface area (Å²) in [6.45, 7) is 1.36. The Hall–Kier alpha value is -2.31. The van der Waals surface area contributed by atoms with E-state index in [1.165, 1.54) is 6.07 Å². The van der Waals surface area contributed by atoms with E-state index >= 15 is 0 Å². The lowest BCUT2D eigenvalue weighted by atomic mass is 10.0. The lowest BCUT2D eigenvalue weighted by molar-refractivity contribution is -0.135. The molecule has 24 heavy (non-hydrogen) atoms. The fraction of sp³-hybridized carbons (Fsp3) is 0.529. The number of rotatable bonds is 7. The number of hydrogen-bond donors (Lipinski definition) is 2. The molecule has 132 valence electrons. The van der Waals surface area contributed by atoms with Gasteiger partial charge in [0, 0.05) is 25.6 Å². The van der Waals surface area contributed by atoms with Crippen molar-refractivity contribution >= 4 is 11.9 Å². The number of halogens is 1. The van der Waals surface area contributed by atoms with E-state index < -0.39 is 11.8 Å². The van der Waals surface area contributed by atoms with Gasteiger partial charge >= 0.3 is 6.03 Å². The standard InChI is InChI=1S/C17H24FN3O3/c18-14-7-1-2-8-15(14)24-11-5-9-16(22)21-10-4-3-6-13(21)12-20-17(19)23/h1-2,7-8,13H,3-6,9-12H2,(H3,19,20,23). The molecule has 3 amide bonds. The Morgan fingerprint density at radius 2 is 2.12 bits per heavy atom. The second-order valence-electron chi connectivity index (χ2n) is 5.86. The Balaban J connectivity index is 1.75. The number of likely N-dealkylation sites (tertiary alicyclic amines) is 1. The predicted octanol–water partition coefficient (Wildman–Crippen LogP) is 2.03. The SMILES string of the molecule is NC(=O)NCC1CCCCN1C(=O)CCCOc1ccccc1F. The maximum absolute atomic E-state index is 13.4. The molecule has 1 aliphatic heterocycles. The van der Waals surface area contributed by atoms with E-state index in [0.29, 0.717) is 25.9 Å². The van der Waals surface area contributed by atoms with Gasteiger partial charge in [-0.3, -0.25) is 4.79 Å². The molecule has 1 saturated heterocycles. The van der Waals surface area contributed by atoms with E-state index in [9.17, 15) is 14.0 Å². The van der Waals surface area contributed by atoms with Crippen LogP contribution in [0.1, 0.15) is 32.1 Å². The zero-order valence-electron chi connectivity index (χ0n) is 13.7. The third kappa shape index (κ3) is 5.40. The molecule has 0 aromatic heterocycles. The first kappa shape index (κ1) is 18.0. The maximum atomic E-state index is 13.4. The second kappa shape index (κ2) is 9.10. The quantitative estimate of drug-likeness (QED) is 0.747. The van der Waals surface area contributed by atoms with Crippen molar-refractivity contribution in [3.63, 3.8) is 0 Å². The molecule has 1 aliphatic rings. The Kier molecular flexibility index (Phi) is 6.84. The van der Waals surface area contributed by atoms with Crippen molar-refractivity contribution in [2.45, 2.75) is 38.1 Å². The number of amides is 3. The summed E-state index contributed by atoms with van der Waals surface area (Å²) < 4.78 is 18.8. The molecule has 1 atom stereocenters. The summed E-state index contributed by atoms with van der Waals surface area (Å²) in [5.41, 5.74) is 5.10. The average molecular weight is 337 g/mol. The number of piperidine rings is 1. The number of urea groups is 1. The van der Waals surface area contributed by atoms with Crippen molar-refractivity contribution < 1.29 is 18.7 Å². The van der Waals surface area contributed by atoms with Crippen LogP contribution in [0.4, 0.5) is 9.18 Å². The smallest absolute Gasteiger partial charge is 0.312 e. The summed E-state index contributed by atoms with van der Waals surface area (Å²) in [6.07, 6.45) is 3.70. The molecule has 6 nitrogen and oxygen atoms in total. The number of nitrogens with zero attached hydrogens (tertiary/aromatic N) is 1. The van der Waals surface area contributed by atoms with Gasteiger partial charge in [0.2, 0.25) is 5.91 Å². The summed E-state index contributed by atoms with van der Waals surface area (Å²) in [7, 11) is 0. The molecular weight excluding hydrogens is 313 g/mol. The average Bonchev–Trinajstić information content (AvgIpc) is 2.58. The molecule has 0 spiro atoms. The van der Waals surface area contributed by atoms with Crippen LogP contribution in [0, 0.1) is 5.82 Å². The van der Waals surface area contributed by atoms with Crippen molar-refractivity contribution in [1.82, 2.24) is 10.2 Å². The Morgan fingerprint density at radius 3 is 2.88 bits per heavy atom. The van der Waals surface area contributed by atoms with Gasteiger partial charge in [-0.1, -0.05) is 12.1 Å². The maximum Gasteiger partial charge on any atom is 0.312 e. The molecule has 7 heteroatoms. The Morgan fingerprint density at radius 1 is 1.33 bits per heavy atom. The van der Waals surface area contributed by atoms with Crippen molar-refractivity contribution in [1.29, 1.82) is 0 Å². The van der Waals surface area contributed by atoms with Crippen LogP contribution in [0.2, 0.25) is 0 Å². The summed E-state index contributed by atoms with van der Waals surface area (Å²) >= 11 is 0. The van der Waals surface area contributed by atoms with E-state index in [1.54, 1.807) is 18.2 Å². The van der Waals surface area contributed by atoms with Gasteiger partial charge < -0.3 is 20.7 Å². The zero-order valence-corrected chi connectivity index (χ0v) is 13.7. The molecule has 1 fully saturated rings. The lowest BCUT2D eigenvalue weighted by Crippen LogP contribution is -2.50. The van der Waals surface area contributed by atoms with Crippen molar-refractivity contribution in [2.24, 2.45) is 5.73 Å². The minimum absolute atomic E-state index is 0.00811. The number of nitrogens with two attached hydrogens (primary N) is 1. The number of benzene rings is 1. The van der Waals surface area contributed by atoms with Crippen LogP contribution in [0.15, 0.2) is 24.3 Å². The molecule has 1 aromatic carbocycles. The largest absolute Gasteiger partial charge is 0.491 e. The summed E-state index contributed by atoms with van der Waals surface area (Å²) in [5.74, 6) is -0.174. The van der Waals surface area contributed by atoms with E-state index in [0.717, 1.165) is 19.3 Å². The predicted molar refractivity (Wildman–Crippen MR) is 88.1 cm³/mol. The molecule has 0 radical (unpaired) electrons. The van der Waals surface area contributed by atoms with Crippen molar-refractivity contribution in [2.75, 3.05) is 19.7 Å². The highest BCUT2D eigenvalue weighted by Crippen LogP contribution is 2.19. The van der Waals surface area contributed by atoms with Gasteiger partial charge in [-0.25, -0.2) is 9.18 Å². The number of ether oxygens (including phenoxy) is 1. The van der Waals surface area contributed by atoms with Crippen LogP contribution in [0.5, 0.6) is 5.75 Å². The topological polar surface area (TPSA) is 84.7 Å². The monoisotopic (exact) mass is 337 g/mol. The molecule has 2 rings (SSSR count). The van der Waals surface area contributed by atoms with Crippen LogP contribution >= 0.6 is 0 Å². The summed E-state index contributed by atoms with van der Waals surface area (Å²) in [5, 5.41) is 2.57. The first-order valence-corrected chi connectivity index (χ1v) is 8.28. The molecular formula is C17H24FN3O3. The van der Waals surface area contributed by atoms with E-state index in [2.05, 4.69) is 5.32 Å². The molecule has 1 heterocycles. The minimum atomic E-state index is -0.578. The van der Waals surface area contributed by atoms with Crippen molar-refractivity contribution in [3.05, 3.63) is 30.1 Å². The van der Waals surface area contributed by atoms with Crippen LogP contribution in [0.25, 0.3) is 0 Å². The molecule has 3 N–H and O–H groups in total. The molecule has 0 aliphatic carbocycles. The van der Waals surface area contributed by atoms with Crippen LogP contribution in [-0.2, 0) is 4.79 Å². The molecule has 1 unspecified atom stereocenters. The number of para-hydroxylation sites is 1. The van der Waals surface area contributed by atoms with E-state index in [1.807, 2.05) is 4.90 Å². The zero-order chi connectivity index (χ0) is 17.4. The second-order valence-corrected chi connectivity index (χ2v) is 5.86. The third-order valence-electron chi connectivity index (χ3n) is 4.09. The van der Waals surface area contributed by atoms with Crippen LogP contribution in [0.3, 0.4) is 0 Å². The number of primary amides is 1. The number of carbonyl (C=O) groups excluding carboxylic acids is 2. The van der Waals surface area contributed by atoms with Crippen LogP contribution < -0.4 is 15.8 Å². The fourth-order valence-corrected chi connectivity index (χ4v) is 2.87. The number of carbonyl (C=O) groups is 2. The highest BCUT2D eigenvalue weighted by Gasteiger charge is 2.26. The van der Waals surface area contributed by atoms with Gasteiger partial charge in [-0.05, 0) is 37.8 Å². The highest BCUT2D eigenvalue weighted by molar-refractivity contribution is 5.77. The third-order valence-corrected chi connectivity index (χ3v) is 4.09. The summed E-state index contributed by atoms with van der Waals surface area (Å²) in [6, 6.07) is 5.62. The normalized spacial score (nSPS) is 17.4. The van der Waals surface area contributed by atoms with E-state index in [-0.39, 0.29) is 24.3 Å². The molecule has 0 bridgehead atoms. The van der Waals surface area contributed by atoms with Crippen LogP contribution in [-0.4, -0.2) is 42.6 Å². The number of nitrogens with one attached hydrogen (secondary N) is 1. The van der Waals surface area contributed by atoms with Gasteiger partial charge in [0.1, 0.15) is 0 Å².